The van der Waals surface area contributed by atoms with Gasteiger partial charge in [0.25, 0.3) is 0 Å². The van der Waals surface area contributed by atoms with E-state index in [1.807, 2.05) is 0 Å². The highest BCUT2D eigenvalue weighted by atomic mass is 32.2. The molecule has 220 valence electrons. The smallest absolute Gasteiger partial charge is 0.132 e. The molecule has 4 rings (SSSR count). The molecule has 38 heavy (non-hydrogen) atoms. The maximum absolute atomic E-state index is 5.00. The summed E-state index contributed by atoms with van der Waals surface area (Å²) >= 11 is 1.58. The minimum absolute atomic E-state index is 0.490. The van der Waals surface area contributed by atoms with Crippen LogP contribution in [0.4, 0.5) is 0 Å². The SMILES string of the molecule is CC(CC1CCCCCCCCCCN2NSN=C12)C1(C)CCCCCCCCCCCC2CC2CCC1. The Hall–Kier alpha value is -0.220. The lowest BCUT2D eigenvalue weighted by atomic mass is 9.67. The van der Waals surface area contributed by atoms with Crippen LogP contribution in [-0.2, 0) is 0 Å². The molecule has 4 aliphatic rings. The summed E-state index contributed by atoms with van der Waals surface area (Å²) in [6.45, 7) is 6.46. The predicted octanol–water partition coefficient (Wildman–Crippen LogP) is 11.1. The predicted molar refractivity (Wildman–Crippen MR) is 168 cm³/mol. The van der Waals surface area contributed by atoms with E-state index in [1.54, 1.807) is 18.6 Å². The highest BCUT2D eigenvalue weighted by Gasteiger charge is 2.38. The topological polar surface area (TPSA) is 27.6 Å². The molecule has 2 saturated carbocycles. The zero-order valence-corrected chi connectivity index (χ0v) is 26.3. The Morgan fingerprint density at radius 2 is 1.26 bits per heavy atom. The lowest BCUT2D eigenvalue weighted by Gasteiger charge is -2.39. The Bertz CT molecular complexity index is 681. The number of amidine groups is 1. The maximum Gasteiger partial charge on any atom is 0.132 e. The first-order valence-electron chi connectivity index (χ1n) is 17.4. The molecule has 5 atom stereocenters. The first-order valence-corrected chi connectivity index (χ1v) is 18.2. The van der Waals surface area contributed by atoms with Crippen molar-refractivity contribution in [2.24, 2.45) is 33.5 Å². The Kier molecular flexibility index (Phi) is 13.7. The third-order valence-corrected chi connectivity index (χ3v) is 11.7. The van der Waals surface area contributed by atoms with Crippen LogP contribution >= 0.6 is 12.1 Å². The summed E-state index contributed by atoms with van der Waals surface area (Å²) in [7, 11) is 0. The molecule has 3 fully saturated rings. The van der Waals surface area contributed by atoms with Crippen LogP contribution < -0.4 is 4.83 Å². The molecule has 0 aromatic rings. The van der Waals surface area contributed by atoms with Crippen LogP contribution in [0.15, 0.2) is 4.40 Å². The van der Waals surface area contributed by atoms with E-state index in [-0.39, 0.29) is 0 Å². The van der Waals surface area contributed by atoms with E-state index in [4.69, 9.17) is 4.40 Å². The Morgan fingerprint density at radius 3 is 1.95 bits per heavy atom. The second-order valence-electron chi connectivity index (χ2n) is 14.3. The molecule has 0 aromatic heterocycles. The van der Waals surface area contributed by atoms with E-state index >= 15 is 0 Å². The molecule has 1 N–H and O–H groups in total. The fourth-order valence-electron chi connectivity index (χ4n) is 8.03. The second-order valence-corrected chi connectivity index (χ2v) is 14.8. The summed E-state index contributed by atoms with van der Waals surface area (Å²) in [6.07, 6.45) is 36.1. The zero-order valence-electron chi connectivity index (χ0n) is 25.5. The first kappa shape index (κ1) is 30.7. The van der Waals surface area contributed by atoms with Crippen molar-refractivity contribution in [3.63, 3.8) is 0 Å². The van der Waals surface area contributed by atoms with Crippen LogP contribution in [-0.4, -0.2) is 17.4 Å². The van der Waals surface area contributed by atoms with Gasteiger partial charge in [-0.25, -0.2) is 0 Å². The van der Waals surface area contributed by atoms with E-state index in [0.29, 0.717) is 11.3 Å². The van der Waals surface area contributed by atoms with Crippen molar-refractivity contribution in [3.8, 4) is 0 Å². The number of nitrogens with zero attached hydrogens (tertiary/aromatic N) is 2. The van der Waals surface area contributed by atoms with Crippen molar-refractivity contribution in [1.82, 2.24) is 9.84 Å². The third kappa shape index (κ3) is 10.3. The summed E-state index contributed by atoms with van der Waals surface area (Å²) in [6, 6.07) is 0. The van der Waals surface area contributed by atoms with Crippen molar-refractivity contribution < 1.29 is 0 Å². The summed E-state index contributed by atoms with van der Waals surface area (Å²) in [5.74, 6) is 4.95. The van der Waals surface area contributed by atoms with Gasteiger partial charge in [-0.2, -0.15) is 9.23 Å². The Balaban J connectivity index is 1.37. The molecular weight excluding hydrogens is 482 g/mol. The molecule has 2 aliphatic heterocycles. The van der Waals surface area contributed by atoms with Gasteiger partial charge in [0.1, 0.15) is 5.84 Å². The van der Waals surface area contributed by atoms with Crippen LogP contribution in [0.1, 0.15) is 174 Å². The average molecular weight is 546 g/mol. The number of rotatable bonds is 3. The quantitative estimate of drug-likeness (QED) is 0.357. The van der Waals surface area contributed by atoms with Crippen LogP contribution in [0.5, 0.6) is 0 Å². The summed E-state index contributed by atoms with van der Waals surface area (Å²) in [5, 5.41) is 2.44. The van der Waals surface area contributed by atoms with E-state index in [1.165, 1.54) is 160 Å². The van der Waals surface area contributed by atoms with Crippen LogP contribution in [0.3, 0.4) is 0 Å². The monoisotopic (exact) mass is 545 g/mol. The van der Waals surface area contributed by atoms with E-state index in [2.05, 4.69) is 23.7 Å². The maximum atomic E-state index is 5.00. The normalized spacial score (nSPS) is 34.8. The van der Waals surface area contributed by atoms with Crippen molar-refractivity contribution in [3.05, 3.63) is 0 Å². The van der Waals surface area contributed by atoms with E-state index in [0.717, 1.165) is 24.3 Å². The fourth-order valence-corrected chi connectivity index (χ4v) is 8.69. The molecule has 0 spiro atoms. The van der Waals surface area contributed by atoms with Gasteiger partial charge in [-0.05, 0) is 61.7 Å². The molecule has 0 bridgehead atoms. The minimum Gasteiger partial charge on any atom is -0.284 e. The molecule has 2 heterocycles. The number of hydrogen-bond donors (Lipinski definition) is 1. The van der Waals surface area contributed by atoms with Gasteiger partial charge in [0.05, 0.1) is 12.1 Å². The molecule has 4 heteroatoms. The van der Waals surface area contributed by atoms with Crippen LogP contribution in [0.2, 0.25) is 0 Å². The number of hydrogen-bond acceptors (Lipinski definition) is 4. The zero-order chi connectivity index (χ0) is 26.5. The largest absolute Gasteiger partial charge is 0.284 e. The van der Waals surface area contributed by atoms with Gasteiger partial charge in [-0.3, -0.25) is 5.01 Å². The summed E-state index contributed by atoms with van der Waals surface area (Å²) in [5.41, 5.74) is 0.490. The lowest BCUT2D eigenvalue weighted by molar-refractivity contribution is 0.134. The Morgan fingerprint density at radius 1 is 0.737 bits per heavy atom. The molecular formula is C34H63N3S. The molecule has 0 radical (unpaired) electrons. The molecule has 0 aromatic carbocycles. The molecule has 2 aliphatic carbocycles. The minimum atomic E-state index is 0.490. The molecule has 0 amide bonds. The summed E-state index contributed by atoms with van der Waals surface area (Å²) < 4.78 is 5.00. The number of nitrogens with one attached hydrogen (secondary N) is 1. The highest BCUT2D eigenvalue weighted by molar-refractivity contribution is 7.96. The summed E-state index contributed by atoms with van der Waals surface area (Å²) in [4.78, 5) is 3.55. The number of hydrazine groups is 1. The van der Waals surface area contributed by atoms with E-state index in [9.17, 15) is 0 Å². The second kappa shape index (κ2) is 16.9. The van der Waals surface area contributed by atoms with Gasteiger partial charge in [-0.1, -0.05) is 136 Å². The average Bonchev–Trinajstić information content (AvgIpc) is 3.48. The van der Waals surface area contributed by atoms with Crippen molar-refractivity contribution in [2.45, 2.75) is 174 Å². The third-order valence-electron chi connectivity index (χ3n) is 11.2. The van der Waals surface area contributed by atoms with Crippen molar-refractivity contribution >= 4 is 18.0 Å². The number of fused-ring (bicyclic) bond motifs is 2. The van der Waals surface area contributed by atoms with Gasteiger partial charge in [0, 0.05) is 12.5 Å². The van der Waals surface area contributed by atoms with Gasteiger partial charge in [-0.15, -0.1) is 0 Å². The highest BCUT2D eigenvalue weighted by Crippen LogP contribution is 2.48. The molecule has 1 saturated heterocycles. The van der Waals surface area contributed by atoms with Crippen molar-refractivity contribution in [1.29, 1.82) is 0 Å². The first-order chi connectivity index (χ1) is 18.7. The Labute approximate surface area is 241 Å². The van der Waals surface area contributed by atoms with Gasteiger partial charge < -0.3 is 0 Å². The van der Waals surface area contributed by atoms with Gasteiger partial charge in [0.15, 0.2) is 0 Å². The molecule has 3 nitrogen and oxygen atoms in total. The standard InChI is InChI=1S/C34H63N3S/c1-29(27-32-22-17-13-9-5-7-11-15-19-26-37-33(32)35-38-36-37)34(2)24-18-14-10-6-3-4-8-12-16-21-30-28-31(30)23-20-25-34/h29-32,36H,3-28H2,1-2H3. The van der Waals surface area contributed by atoms with Crippen LogP contribution in [0.25, 0.3) is 0 Å². The van der Waals surface area contributed by atoms with Gasteiger partial charge >= 0.3 is 0 Å². The van der Waals surface area contributed by atoms with Gasteiger partial charge in [0.2, 0.25) is 0 Å². The molecule has 5 unspecified atom stereocenters. The van der Waals surface area contributed by atoms with Crippen molar-refractivity contribution in [2.75, 3.05) is 6.54 Å². The van der Waals surface area contributed by atoms with E-state index < -0.39 is 0 Å². The fraction of sp³-hybridized carbons (Fsp3) is 0.971. The van der Waals surface area contributed by atoms with Crippen LogP contribution in [0, 0.1) is 29.1 Å². The lowest BCUT2D eigenvalue weighted by Crippen LogP contribution is -2.41.